The average Bonchev–Trinajstić information content (AvgIpc) is 2.72. The first-order chi connectivity index (χ1) is 12.8. The van der Waals surface area contributed by atoms with Gasteiger partial charge in [-0.2, -0.15) is 11.8 Å². The van der Waals surface area contributed by atoms with Crippen LogP contribution in [-0.4, -0.2) is 60.4 Å². The van der Waals surface area contributed by atoms with Crippen LogP contribution >= 0.6 is 11.8 Å². The van der Waals surface area contributed by atoms with Crippen LogP contribution in [0.1, 0.15) is 15.9 Å². The molecule has 0 aromatic heterocycles. The molecule has 0 saturated carbocycles. The third-order valence-electron chi connectivity index (χ3n) is 4.62. The van der Waals surface area contributed by atoms with Gasteiger partial charge >= 0.3 is 0 Å². The molecular formula is C21H26N2O2S. The summed E-state index contributed by atoms with van der Waals surface area (Å²) in [5.41, 5.74) is 1.82. The average molecular weight is 371 g/mol. The smallest absolute Gasteiger partial charge is 0.253 e. The number of carbonyl (C=O) groups is 1. The second-order valence-electron chi connectivity index (χ2n) is 6.43. The largest absolute Gasteiger partial charge is 0.489 e. The van der Waals surface area contributed by atoms with E-state index in [2.05, 4.69) is 11.2 Å². The van der Waals surface area contributed by atoms with Gasteiger partial charge in [0.25, 0.3) is 5.91 Å². The van der Waals surface area contributed by atoms with E-state index in [1.807, 2.05) is 71.3 Å². The van der Waals surface area contributed by atoms with Gasteiger partial charge in [0.15, 0.2) is 0 Å². The number of piperazine rings is 1. The molecule has 0 aliphatic carbocycles. The molecule has 0 N–H and O–H groups in total. The highest BCUT2D eigenvalue weighted by Crippen LogP contribution is 2.14. The lowest BCUT2D eigenvalue weighted by atomic mass is 10.1. The monoisotopic (exact) mass is 370 g/mol. The van der Waals surface area contributed by atoms with Gasteiger partial charge in [0.2, 0.25) is 0 Å². The molecule has 5 heteroatoms. The maximum atomic E-state index is 12.7. The van der Waals surface area contributed by atoms with Gasteiger partial charge in [-0.15, -0.1) is 0 Å². The van der Waals surface area contributed by atoms with E-state index in [0.29, 0.717) is 6.61 Å². The molecule has 138 valence electrons. The number of rotatable bonds is 7. The lowest BCUT2D eigenvalue weighted by Crippen LogP contribution is -2.49. The lowest BCUT2D eigenvalue weighted by molar-refractivity contribution is 0.0644. The van der Waals surface area contributed by atoms with Crippen molar-refractivity contribution in [3.8, 4) is 5.75 Å². The standard InChI is InChI=1S/C21H26N2O2S/c1-26-16-15-22-11-13-23(14-12-22)21(24)19-9-7-18(8-10-19)17-25-20-5-3-2-4-6-20/h2-10H,11-17H2,1H3. The normalized spacial score (nSPS) is 15.0. The van der Waals surface area contributed by atoms with Crippen LogP contribution < -0.4 is 4.74 Å². The van der Waals surface area contributed by atoms with E-state index >= 15 is 0 Å². The number of carbonyl (C=O) groups excluding carboxylic acids is 1. The zero-order chi connectivity index (χ0) is 18.2. The zero-order valence-corrected chi connectivity index (χ0v) is 16.1. The van der Waals surface area contributed by atoms with Gasteiger partial charge in [-0.25, -0.2) is 0 Å². The molecule has 1 saturated heterocycles. The first kappa shape index (κ1) is 18.8. The fraction of sp³-hybridized carbons (Fsp3) is 0.381. The van der Waals surface area contributed by atoms with Gasteiger partial charge in [-0.05, 0) is 36.1 Å². The van der Waals surface area contributed by atoms with E-state index in [0.717, 1.165) is 55.4 Å². The molecule has 4 nitrogen and oxygen atoms in total. The van der Waals surface area contributed by atoms with E-state index < -0.39 is 0 Å². The Balaban J connectivity index is 1.49. The molecule has 1 aliphatic rings. The first-order valence-corrected chi connectivity index (χ1v) is 10.4. The van der Waals surface area contributed by atoms with Crippen LogP contribution in [0.2, 0.25) is 0 Å². The molecule has 3 rings (SSSR count). The number of hydrogen-bond acceptors (Lipinski definition) is 4. The van der Waals surface area contributed by atoms with Crippen LogP contribution in [0.25, 0.3) is 0 Å². The van der Waals surface area contributed by atoms with Crippen molar-refractivity contribution in [3.05, 3.63) is 65.7 Å². The number of benzene rings is 2. The van der Waals surface area contributed by atoms with Crippen LogP contribution in [0.4, 0.5) is 0 Å². The second kappa shape index (κ2) is 9.64. The van der Waals surface area contributed by atoms with E-state index in [1.54, 1.807) is 0 Å². The van der Waals surface area contributed by atoms with E-state index in [1.165, 1.54) is 0 Å². The molecule has 1 aliphatic heterocycles. The van der Waals surface area contributed by atoms with Gasteiger partial charge in [-0.3, -0.25) is 9.69 Å². The van der Waals surface area contributed by atoms with Crippen molar-refractivity contribution in [1.82, 2.24) is 9.80 Å². The van der Waals surface area contributed by atoms with Gasteiger partial charge in [-0.1, -0.05) is 30.3 Å². The first-order valence-electron chi connectivity index (χ1n) is 9.03. The Hall–Kier alpha value is -1.98. The van der Waals surface area contributed by atoms with Gasteiger partial charge < -0.3 is 9.64 Å². The molecule has 1 fully saturated rings. The van der Waals surface area contributed by atoms with Crippen LogP contribution in [0.15, 0.2) is 54.6 Å². The lowest BCUT2D eigenvalue weighted by Gasteiger charge is -2.34. The van der Waals surface area contributed by atoms with Crippen LogP contribution in [0.3, 0.4) is 0 Å². The summed E-state index contributed by atoms with van der Waals surface area (Å²) in [5, 5.41) is 0. The summed E-state index contributed by atoms with van der Waals surface area (Å²) in [7, 11) is 0. The minimum atomic E-state index is 0.130. The summed E-state index contributed by atoms with van der Waals surface area (Å²) in [6.45, 7) is 5.18. The summed E-state index contributed by atoms with van der Waals surface area (Å²) in [4.78, 5) is 17.1. The molecule has 0 unspecified atom stereocenters. The van der Waals surface area contributed by atoms with Crippen molar-refractivity contribution in [3.63, 3.8) is 0 Å². The van der Waals surface area contributed by atoms with Crippen molar-refractivity contribution in [2.24, 2.45) is 0 Å². The number of amides is 1. The Morgan fingerprint density at radius 2 is 1.69 bits per heavy atom. The van der Waals surface area contributed by atoms with Gasteiger partial charge in [0.05, 0.1) is 0 Å². The number of ether oxygens (including phenoxy) is 1. The topological polar surface area (TPSA) is 32.8 Å². The van der Waals surface area contributed by atoms with Gasteiger partial charge in [0, 0.05) is 44.0 Å². The highest BCUT2D eigenvalue weighted by Gasteiger charge is 2.21. The highest BCUT2D eigenvalue weighted by atomic mass is 32.2. The maximum Gasteiger partial charge on any atom is 0.253 e. The quantitative estimate of drug-likeness (QED) is 0.748. The summed E-state index contributed by atoms with van der Waals surface area (Å²) >= 11 is 1.87. The second-order valence-corrected chi connectivity index (χ2v) is 7.41. The SMILES string of the molecule is CSCCN1CCN(C(=O)c2ccc(COc3ccccc3)cc2)CC1. The Morgan fingerprint density at radius 1 is 1.00 bits per heavy atom. The molecule has 26 heavy (non-hydrogen) atoms. The predicted octanol–water partition coefficient (Wildman–Crippen LogP) is 3.39. The number of hydrogen-bond donors (Lipinski definition) is 0. The van der Waals surface area contributed by atoms with Crippen LogP contribution in [0.5, 0.6) is 5.75 Å². The molecule has 0 atom stereocenters. The number of nitrogens with zero attached hydrogens (tertiary/aromatic N) is 2. The van der Waals surface area contributed by atoms with Crippen molar-refractivity contribution in [2.75, 3.05) is 44.7 Å². The van der Waals surface area contributed by atoms with Crippen molar-refractivity contribution >= 4 is 17.7 Å². The summed E-state index contributed by atoms with van der Waals surface area (Å²) in [6, 6.07) is 17.5. The van der Waals surface area contributed by atoms with Gasteiger partial charge in [0.1, 0.15) is 12.4 Å². The zero-order valence-electron chi connectivity index (χ0n) is 15.3. The van der Waals surface area contributed by atoms with Crippen molar-refractivity contribution in [2.45, 2.75) is 6.61 Å². The molecule has 2 aromatic carbocycles. The fourth-order valence-electron chi connectivity index (χ4n) is 3.00. The highest BCUT2D eigenvalue weighted by molar-refractivity contribution is 7.98. The Morgan fingerprint density at radius 3 is 2.35 bits per heavy atom. The molecule has 2 aromatic rings. The minimum absolute atomic E-state index is 0.130. The summed E-state index contributed by atoms with van der Waals surface area (Å²) in [6.07, 6.45) is 2.13. The maximum absolute atomic E-state index is 12.7. The van der Waals surface area contributed by atoms with Crippen LogP contribution in [-0.2, 0) is 6.61 Å². The summed E-state index contributed by atoms with van der Waals surface area (Å²) < 4.78 is 5.75. The van der Waals surface area contributed by atoms with E-state index in [4.69, 9.17) is 4.74 Å². The number of para-hydroxylation sites is 1. The minimum Gasteiger partial charge on any atom is -0.489 e. The summed E-state index contributed by atoms with van der Waals surface area (Å²) in [5.74, 6) is 2.14. The predicted molar refractivity (Wildman–Crippen MR) is 108 cm³/mol. The molecule has 0 bridgehead atoms. The Kier molecular flexibility index (Phi) is 6.97. The van der Waals surface area contributed by atoms with Crippen LogP contribution in [0, 0.1) is 0 Å². The molecule has 1 heterocycles. The molecular weight excluding hydrogens is 344 g/mol. The Bertz CT molecular complexity index is 683. The third-order valence-corrected chi connectivity index (χ3v) is 5.21. The van der Waals surface area contributed by atoms with Crippen molar-refractivity contribution < 1.29 is 9.53 Å². The Labute approximate surface area is 160 Å². The fourth-order valence-corrected chi connectivity index (χ4v) is 3.45. The van der Waals surface area contributed by atoms with Crippen molar-refractivity contribution in [1.29, 1.82) is 0 Å². The third kappa shape index (κ3) is 5.26. The molecule has 0 spiro atoms. The van der Waals surface area contributed by atoms with E-state index in [-0.39, 0.29) is 5.91 Å². The molecule has 1 amide bonds. The van der Waals surface area contributed by atoms with E-state index in [9.17, 15) is 4.79 Å². The molecule has 0 radical (unpaired) electrons. The number of thioether (sulfide) groups is 1.